The monoisotopic (exact) mass is 186 g/mol. The number of hydrogen-bond donors (Lipinski definition) is 2. The Bertz CT molecular complexity index is 196. The Balaban J connectivity index is 2.62. The van der Waals surface area contributed by atoms with Gasteiger partial charge in [-0.1, -0.05) is 6.92 Å². The smallest absolute Gasteiger partial charge is 0.307 e. The first-order valence-electron chi connectivity index (χ1n) is 4.70. The summed E-state index contributed by atoms with van der Waals surface area (Å²) < 4.78 is 0. The van der Waals surface area contributed by atoms with Crippen molar-refractivity contribution in [3.8, 4) is 0 Å². The van der Waals surface area contributed by atoms with Crippen molar-refractivity contribution in [3.63, 3.8) is 0 Å². The van der Waals surface area contributed by atoms with Crippen LogP contribution in [0.4, 0.5) is 0 Å². The van der Waals surface area contributed by atoms with E-state index in [1.54, 1.807) is 6.92 Å². The minimum absolute atomic E-state index is 0.0660. The Kier molecular flexibility index (Phi) is 3.27. The van der Waals surface area contributed by atoms with Gasteiger partial charge in [-0.2, -0.15) is 0 Å². The number of nitrogens with zero attached hydrogens (tertiary/aromatic N) is 1. The molecule has 1 aliphatic heterocycles. The lowest BCUT2D eigenvalue weighted by Gasteiger charge is -2.39. The molecule has 1 fully saturated rings. The molecule has 0 spiro atoms. The van der Waals surface area contributed by atoms with E-state index in [0.717, 1.165) is 13.1 Å². The lowest BCUT2D eigenvalue weighted by atomic mass is 9.93. The highest BCUT2D eigenvalue weighted by Crippen LogP contribution is 2.14. The Hall–Kier alpha value is -0.610. The standard InChI is InChI=1S/C9H18N2O2/c1-6(9(12)13)8-7(2)11(3)5-4-10-8/h6-8,10H,4-5H2,1-3H3,(H,12,13). The lowest BCUT2D eigenvalue weighted by molar-refractivity contribution is -0.143. The second-order valence-corrected chi connectivity index (χ2v) is 3.83. The van der Waals surface area contributed by atoms with Crippen LogP contribution in [0.1, 0.15) is 13.8 Å². The predicted molar refractivity (Wildman–Crippen MR) is 50.7 cm³/mol. The van der Waals surface area contributed by atoms with Gasteiger partial charge in [0.25, 0.3) is 0 Å². The van der Waals surface area contributed by atoms with E-state index in [1.807, 2.05) is 7.05 Å². The van der Waals surface area contributed by atoms with Gasteiger partial charge >= 0.3 is 5.97 Å². The average molecular weight is 186 g/mol. The number of carboxylic acid groups (broad SMARTS) is 1. The number of hydrogen-bond acceptors (Lipinski definition) is 3. The number of piperazine rings is 1. The second kappa shape index (κ2) is 4.07. The third-order valence-electron chi connectivity index (χ3n) is 2.99. The van der Waals surface area contributed by atoms with Crippen molar-refractivity contribution >= 4 is 5.97 Å². The van der Waals surface area contributed by atoms with Gasteiger partial charge in [0.2, 0.25) is 0 Å². The van der Waals surface area contributed by atoms with Crippen molar-refractivity contribution in [3.05, 3.63) is 0 Å². The molecule has 0 aromatic rings. The molecule has 0 aromatic heterocycles. The Morgan fingerprint density at radius 2 is 2.31 bits per heavy atom. The molecule has 1 rings (SSSR count). The number of carbonyl (C=O) groups is 1. The molecule has 3 unspecified atom stereocenters. The van der Waals surface area contributed by atoms with Crippen LogP contribution in [0.5, 0.6) is 0 Å². The third-order valence-corrected chi connectivity index (χ3v) is 2.99. The molecule has 13 heavy (non-hydrogen) atoms. The van der Waals surface area contributed by atoms with Crippen LogP contribution in [-0.4, -0.2) is 48.2 Å². The number of rotatable bonds is 2. The van der Waals surface area contributed by atoms with Crippen LogP contribution in [0.15, 0.2) is 0 Å². The van der Waals surface area contributed by atoms with Crippen LogP contribution < -0.4 is 5.32 Å². The molecule has 76 valence electrons. The maximum Gasteiger partial charge on any atom is 0.307 e. The molecule has 1 aliphatic rings. The molecule has 1 saturated heterocycles. The van der Waals surface area contributed by atoms with Crippen LogP contribution in [0, 0.1) is 5.92 Å². The quantitative estimate of drug-likeness (QED) is 0.637. The lowest BCUT2D eigenvalue weighted by Crippen LogP contribution is -2.58. The first-order chi connectivity index (χ1) is 6.04. The van der Waals surface area contributed by atoms with Crippen LogP contribution in [0.25, 0.3) is 0 Å². The zero-order valence-electron chi connectivity index (χ0n) is 8.45. The van der Waals surface area contributed by atoms with Crippen molar-refractivity contribution in [1.82, 2.24) is 10.2 Å². The summed E-state index contributed by atoms with van der Waals surface area (Å²) in [6.07, 6.45) is 0. The Morgan fingerprint density at radius 1 is 1.69 bits per heavy atom. The highest BCUT2D eigenvalue weighted by molar-refractivity contribution is 5.70. The molecular formula is C9H18N2O2. The maximum absolute atomic E-state index is 10.8. The summed E-state index contributed by atoms with van der Waals surface area (Å²) >= 11 is 0. The summed E-state index contributed by atoms with van der Waals surface area (Å²) in [5.74, 6) is -1.04. The van der Waals surface area contributed by atoms with Gasteiger partial charge in [0.05, 0.1) is 5.92 Å². The van der Waals surface area contributed by atoms with Crippen molar-refractivity contribution in [1.29, 1.82) is 0 Å². The van der Waals surface area contributed by atoms with E-state index in [-0.39, 0.29) is 12.0 Å². The van der Waals surface area contributed by atoms with Crippen LogP contribution in [0.3, 0.4) is 0 Å². The molecule has 1 heterocycles. The van der Waals surface area contributed by atoms with Gasteiger partial charge in [0.15, 0.2) is 0 Å². The fraction of sp³-hybridized carbons (Fsp3) is 0.889. The van der Waals surface area contributed by atoms with Gasteiger partial charge in [0, 0.05) is 25.2 Å². The molecule has 0 bridgehead atoms. The first-order valence-corrected chi connectivity index (χ1v) is 4.70. The second-order valence-electron chi connectivity index (χ2n) is 3.83. The molecule has 0 amide bonds. The molecular weight excluding hydrogens is 168 g/mol. The summed E-state index contributed by atoms with van der Waals surface area (Å²) in [6, 6.07) is 0.357. The zero-order valence-corrected chi connectivity index (χ0v) is 8.45. The van der Waals surface area contributed by atoms with E-state index in [0.29, 0.717) is 6.04 Å². The maximum atomic E-state index is 10.8. The molecule has 0 radical (unpaired) electrons. The number of nitrogens with one attached hydrogen (secondary N) is 1. The molecule has 0 aliphatic carbocycles. The van der Waals surface area contributed by atoms with Crippen molar-refractivity contribution in [2.24, 2.45) is 5.92 Å². The van der Waals surface area contributed by atoms with Crippen LogP contribution in [-0.2, 0) is 4.79 Å². The summed E-state index contributed by atoms with van der Waals surface area (Å²) in [5.41, 5.74) is 0. The number of likely N-dealkylation sites (N-methyl/N-ethyl adjacent to an activating group) is 1. The Morgan fingerprint density at radius 3 is 2.85 bits per heavy atom. The topological polar surface area (TPSA) is 52.6 Å². The van der Waals surface area contributed by atoms with Gasteiger partial charge in [-0.3, -0.25) is 4.79 Å². The van der Waals surface area contributed by atoms with Gasteiger partial charge in [0.1, 0.15) is 0 Å². The Labute approximate surface area is 78.9 Å². The van der Waals surface area contributed by atoms with E-state index in [2.05, 4.69) is 17.1 Å². The van der Waals surface area contributed by atoms with Crippen molar-refractivity contribution in [2.75, 3.05) is 20.1 Å². The van der Waals surface area contributed by atoms with Gasteiger partial charge < -0.3 is 15.3 Å². The summed E-state index contributed by atoms with van der Waals surface area (Å²) in [5, 5.41) is 12.1. The number of carboxylic acids is 1. The van der Waals surface area contributed by atoms with E-state index >= 15 is 0 Å². The summed E-state index contributed by atoms with van der Waals surface area (Å²) in [4.78, 5) is 13.0. The zero-order chi connectivity index (χ0) is 10.0. The summed E-state index contributed by atoms with van der Waals surface area (Å²) in [7, 11) is 2.03. The molecule has 3 atom stereocenters. The van der Waals surface area contributed by atoms with Crippen molar-refractivity contribution < 1.29 is 9.90 Å². The molecule has 0 saturated carbocycles. The van der Waals surface area contributed by atoms with Gasteiger partial charge in [-0.05, 0) is 14.0 Å². The fourth-order valence-corrected chi connectivity index (χ4v) is 1.80. The minimum Gasteiger partial charge on any atom is -0.481 e. The minimum atomic E-state index is -0.723. The molecule has 0 aromatic carbocycles. The van der Waals surface area contributed by atoms with Crippen LogP contribution in [0.2, 0.25) is 0 Å². The molecule has 4 nitrogen and oxygen atoms in total. The number of aliphatic carboxylic acids is 1. The van der Waals surface area contributed by atoms with E-state index < -0.39 is 5.97 Å². The molecule has 4 heteroatoms. The van der Waals surface area contributed by atoms with Gasteiger partial charge in [-0.25, -0.2) is 0 Å². The highest BCUT2D eigenvalue weighted by Gasteiger charge is 2.32. The summed E-state index contributed by atoms with van der Waals surface area (Å²) in [6.45, 7) is 5.69. The third kappa shape index (κ3) is 2.19. The van der Waals surface area contributed by atoms with Crippen molar-refractivity contribution in [2.45, 2.75) is 25.9 Å². The van der Waals surface area contributed by atoms with E-state index in [1.165, 1.54) is 0 Å². The average Bonchev–Trinajstić information content (AvgIpc) is 2.08. The van der Waals surface area contributed by atoms with Gasteiger partial charge in [-0.15, -0.1) is 0 Å². The van der Waals surface area contributed by atoms with E-state index in [9.17, 15) is 4.79 Å². The van der Waals surface area contributed by atoms with Crippen LogP contribution >= 0.6 is 0 Å². The SMILES string of the molecule is CC(C(=O)O)C1NCCN(C)C1C. The first kappa shape index (κ1) is 10.5. The molecule has 2 N–H and O–H groups in total. The van der Waals surface area contributed by atoms with E-state index in [4.69, 9.17) is 5.11 Å². The fourth-order valence-electron chi connectivity index (χ4n) is 1.80. The predicted octanol–water partition coefficient (Wildman–Crippen LogP) is -0.000800. The normalized spacial score (nSPS) is 32.8. The largest absolute Gasteiger partial charge is 0.481 e. The highest BCUT2D eigenvalue weighted by atomic mass is 16.4.